The van der Waals surface area contributed by atoms with Crippen molar-refractivity contribution in [1.29, 1.82) is 0 Å². The molecule has 3 heterocycles. The third kappa shape index (κ3) is 3.65. The van der Waals surface area contributed by atoms with Crippen LogP contribution in [0.25, 0.3) is 0 Å². The monoisotopic (exact) mass is 342 g/mol. The average molecular weight is 343 g/mol. The van der Waals surface area contributed by atoms with E-state index in [2.05, 4.69) is 47.9 Å². The van der Waals surface area contributed by atoms with Gasteiger partial charge in [0, 0.05) is 44.3 Å². The fourth-order valence-corrected chi connectivity index (χ4v) is 5.30. The van der Waals surface area contributed by atoms with Crippen molar-refractivity contribution >= 4 is 0 Å². The maximum Gasteiger partial charge on any atom is 0.0469 e. The fraction of sp³-hybridized carbons (Fsp3) is 0.727. The standard InChI is InChI=1S/C22H34N2O/c1-18(2)24-11-9-22(10-12-24)17-23(15-19-7-13-25-14-8-19)16-20-5-3-4-6-21(20)22/h3-6,18-19H,7-17H2,1-2H3. The van der Waals surface area contributed by atoms with Gasteiger partial charge in [-0.3, -0.25) is 4.90 Å². The first-order valence-electron chi connectivity index (χ1n) is 10.3. The summed E-state index contributed by atoms with van der Waals surface area (Å²) in [6.07, 6.45) is 5.11. The summed E-state index contributed by atoms with van der Waals surface area (Å²) in [4.78, 5) is 5.43. The molecule has 2 fully saturated rings. The van der Waals surface area contributed by atoms with E-state index in [1.807, 2.05) is 0 Å². The Morgan fingerprint density at radius 3 is 2.56 bits per heavy atom. The van der Waals surface area contributed by atoms with Crippen molar-refractivity contribution in [1.82, 2.24) is 9.80 Å². The number of likely N-dealkylation sites (tertiary alicyclic amines) is 1. The lowest BCUT2D eigenvalue weighted by Gasteiger charge is -2.50. The van der Waals surface area contributed by atoms with E-state index in [0.29, 0.717) is 11.5 Å². The minimum Gasteiger partial charge on any atom is -0.381 e. The van der Waals surface area contributed by atoms with E-state index in [1.54, 1.807) is 11.1 Å². The Hall–Kier alpha value is -0.900. The molecule has 3 aliphatic heterocycles. The summed E-state index contributed by atoms with van der Waals surface area (Å²) in [5.41, 5.74) is 3.62. The maximum atomic E-state index is 5.57. The number of benzene rings is 1. The molecule has 138 valence electrons. The first-order valence-corrected chi connectivity index (χ1v) is 10.3. The minimum absolute atomic E-state index is 0.380. The Balaban J connectivity index is 1.53. The quantitative estimate of drug-likeness (QED) is 0.833. The highest BCUT2D eigenvalue weighted by atomic mass is 16.5. The molecule has 1 aromatic rings. The normalized spacial score (nSPS) is 25.4. The lowest BCUT2D eigenvalue weighted by Crippen LogP contribution is -2.53. The Kier molecular flexibility index (Phi) is 5.17. The first kappa shape index (κ1) is 17.5. The van der Waals surface area contributed by atoms with Gasteiger partial charge in [-0.2, -0.15) is 0 Å². The van der Waals surface area contributed by atoms with Gasteiger partial charge in [-0.05, 0) is 69.7 Å². The summed E-state index contributed by atoms with van der Waals surface area (Å²) in [6.45, 7) is 12.7. The largest absolute Gasteiger partial charge is 0.381 e. The molecular weight excluding hydrogens is 308 g/mol. The SMILES string of the molecule is CC(C)N1CCC2(CC1)CN(CC1CCOCC1)Cc1ccccc12. The third-order valence-corrected chi connectivity index (χ3v) is 6.85. The minimum atomic E-state index is 0.380. The molecule has 0 unspecified atom stereocenters. The lowest BCUT2D eigenvalue weighted by molar-refractivity contribution is 0.0353. The van der Waals surface area contributed by atoms with E-state index in [0.717, 1.165) is 25.7 Å². The highest BCUT2D eigenvalue weighted by Crippen LogP contribution is 2.42. The summed E-state index contributed by atoms with van der Waals surface area (Å²) < 4.78 is 5.57. The zero-order chi connectivity index (χ0) is 17.3. The van der Waals surface area contributed by atoms with Crippen LogP contribution >= 0.6 is 0 Å². The summed E-state index contributed by atoms with van der Waals surface area (Å²) in [6, 6.07) is 9.96. The fourth-order valence-electron chi connectivity index (χ4n) is 5.30. The van der Waals surface area contributed by atoms with Crippen LogP contribution in [0.3, 0.4) is 0 Å². The Labute approximate surface area is 153 Å². The molecule has 1 aromatic carbocycles. The summed E-state index contributed by atoms with van der Waals surface area (Å²) >= 11 is 0. The number of nitrogens with zero attached hydrogens (tertiary/aromatic N) is 2. The number of rotatable bonds is 3. The van der Waals surface area contributed by atoms with Gasteiger partial charge in [0.05, 0.1) is 0 Å². The van der Waals surface area contributed by atoms with Crippen molar-refractivity contribution in [3.8, 4) is 0 Å². The number of hydrogen-bond acceptors (Lipinski definition) is 3. The molecule has 3 aliphatic rings. The van der Waals surface area contributed by atoms with Gasteiger partial charge in [0.25, 0.3) is 0 Å². The number of piperidine rings is 1. The van der Waals surface area contributed by atoms with Gasteiger partial charge in [-0.25, -0.2) is 0 Å². The summed E-state index contributed by atoms with van der Waals surface area (Å²) in [5, 5.41) is 0. The predicted octanol–water partition coefficient (Wildman–Crippen LogP) is 3.67. The summed E-state index contributed by atoms with van der Waals surface area (Å²) in [5.74, 6) is 0.826. The molecule has 2 saturated heterocycles. The van der Waals surface area contributed by atoms with E-state index in [9.17, 15) is 0 Å². The molecule has 4 rings (SSSR count). The number of hydrogen-bond donors (Lipinski definition) is 0. The van der Waals surface area contributed by atoms with E-state index in [-0.39, 0.29) is 0 Å². The van der Waals surface area contributed by atoms with Crippen LogP contribution in [0.4, 0.5) is 0 Å². The Morgan fingerprint density at radius 1 is 1.12 bits per heavy atom. The van der Waals surface area contributed by atoms with Crippen LogP contribution in [0.15, 0.2) is 24.3 Å². The Bertz CT molecular complexity index is 571. The Morgan fingerprint density at radius 2 is 1.84 bits per heavy atom. The molecule has 0 bridgehead atoms. The molecule has 3 heteroatoms. The van der Waals surface area contributed by atoms with Crippen LogP contribution in [0.5, 0.6) is 0 Å². The van der Waals surface area contributed by atoms with Crippen LogP contribution < -0.4 is 0 Å². The van der Waals surface area contributed by atoms with Crippen molar-refractivity contribution in [2.24, 2.45) is 5.92 Å². The van der Waals surface area contributed by atoms with Gasteiger partial charge >= 0.3 is 0 Å². The van der Waals surface area contributed by atoms with Gasteiger partial charge in [0.1, 0.15) is 0 Å². The molecule has 0 saturated carbocycles. The molecule has 0 atom stereocenters. The van der Waals surface area contributed by atoms with Crippen molar-refractivity contribution in [2.75, 3.05) is 39.4 Å². The summed E-state index contributed by atoms with van der Waals surface area (Å²) in [7, 11) is 0. The van der Waals surface area contributed by atoms with E-state index < -0.39 is 0 Å². The molecule has 0 aliphatic carbocycles. The van der Waals surface area contributed by atoms with Crippen LogP contribution in [-0.4, -0.2) is 55.2 Å². The highest BCUT2D eigenvalue weighted by Gasteiger charge is 2.42. The molecule has 3 nitrogen and oxygen atoms in total. The van der Waals surface area contributed by atoms with Gasteiger partial charge in [-0.1, -0.05) is 24.3 Å². The van der Waals surface area contributed by atoms with E-state index >= 15 is 0 Å². The van der Waals surface area contributed by atoms with Crippen molar-refractivity contribution < 1.29 is 4.74 Å². The molecule has 0 aromatic heterocycles. The zero-order valence-electron chi connectivity index (χ0n) is 16.0. The zero-order valence-corrected chi connectivity index (χ0v) is 16.0. The maximum absolute atomic E-state index is 5.57. The van der Waals surface area contributed by atoms with Crippen molar-refractivity contribution in [3.63, 3.8) is 0 Å². The topological polar surface area (TPSA) is 15.7 Å². The third-order valence-electron chi connectivity index (χ3n) is 6.85. The van der Waals surface area contributed by atoms with Crippen LogP contribution in [0.2, 0.25) is 0 Å². The average Bonchev–Trinajstić information content (AvgIpc) is 2.63. The first-order chi connectivity index (χ1) is 12.2. The van der Waals surface area contributed by atoms with Crippen molar-refractivity contribution in [3.05, 3.63) is 35.4 Å². The molecule has 25 heavy (non-hydrogen) atoms. The molecule has 0 N–H and O–H groups in total. The van der Waals surface area contributed by atoms with Crippen molar-refractivity contribution in [2.45, 2.75) is 57.5 Å². The second kappa shape index (κ2) is 7.38. The second-order valence-electron chi connectivity index (χ2n) is 8.79. The smallest absolute Gasteiger partial charge is 0.0469 e. The van der Waals surface area contributed by atoms with Crippen LogP contribution in [-0.2, 0) is 16.7 Å². The van der Waals surface area contributed by atoms with Crippen LogP contribution in [0.1, 0.15) is 50.7 Å². The van der Waals surface area contributed by atoms with Gasteiger partial charge in [0.2, 0.25) is 0 Å². The lowest BCUT2D eigenvalue weighted by atomic mass is 9.68. The van der Waals surface area contributed by atoms with E-state index in [4.69, 9.17) is 4.74 Å². The van der Waals surface area contributed by atoms with E-state index in [1.165, 1.54) is 51.9 Å². The van der Waals surface area contributed by atoms with Gasteiger partial charge in [-0.15, -0.1) is 0 Å². The molecule has 0 radical (unpaired) electrons. The number of fused-ring (bicyclic) bond motifs is 2. The highest BCUT2D eigenvalue weighted by molar-refractivity contribution is 5.37. The molecular formula is C22H34N2O. The van der Waals surface area contributed by atoms with Gasteiger partial charge < -0.3 is 9.64 Å². The van der Waals surface area contributed by atoms with Gasteiger partial charge in [0.15, 0.2) is 0 Å². The second-order valence-corrected chi connectivity index (χ2v) is 8.79. The molecule has 0 amide bonds. The molecule has 1 spiro atoms. The number of ether oxygens (including phenoxy) is 1. The predicted molar refractivity (Wildman–Crippen MR) is 103 cm³/mol. The van der Waals surface area contributed by atoms with Crippen LogP contribution in [0, 0.1) is 5.92 Å².